The molecule has 1 amide bonds. The molecule has 0 radical (unpaired) electrons. The molecule has 1 rings (SSSR count). The Morgan fingerprint density at radius 3 is 2.50 bits per heavy atom. The molecule has 0 fully saturated rings. The topological polar surface area (TPSA) is 29.5 Å². The molecule has 1 aromatic rings. The van der Waals surface area contributed by atoms with Gasteiger partial charge in [-0.1, -0.05) is 0 Å². The molecule has 1 aromatic carbocycles. The van der Waals surface area contributed by atoms with Gasteiger partial charge in [0.2, 0.25) is 0 Å². The summed E-state index contributed by atoms with van der Waals surface area (Å²) < 4.78 is 20.1. The van der Waals surface area contributed by atoms with E-state index in [0.29, 0.717) is 5.56 Å². The Morgan fingerprint density at radius 1 is 1.40 bits per heavy atom. The van der Waals surface area contributed by atoms with Crippen molar-refractivity contribution in [3.63, 3.8) is 0 Å². The van der Waals surface area contributed by atoms with Gasteiger partial charge in [-0.15, -0.1) is 0 Å². The number of carbonyl (C=O) groups excluding carboxylic acids is 1. The van der Waals surface area contributed by atoms with Gasteiger partial charge in [-0.25, -0.2) is 9.18 Å². The van der Waals surface area contributed by atoms with Gasteiger partial charge < -0.3 is 9.64 Å². The fraction of sp³-hybridized carbons (Fsp3) is 0.533. The van der Waals surface area contributed by atoms with Crippen LogP contribution in [-0.2, 0) is 11.3 Å². The summed E-state index contributed by atoms with van der Waals surface area (Å²) in [7, 11) is 0. The van der Waals surface area contributed by atoms with E-state index in [1.807, 2.05) is 34.6 Å². The lowest BCUT2D eigenvalue weighted by Gasteiger charge is -2.30. The molecule has 0 aliphatic rings. The Balaban J connectivity index is 2.93. The lowest BCUT2D eigenvalue weighted by Crippen LogP contribution is -2.40. The number of amides is 1. The molecule has 0 heterocycles. The first-order valence-electron chi connectivity index (χ1n) is 6.53. The van der Waals surface area contributed by atoms with Crippen LogP contribution in [0.3, 0.4) is 0 Å². The summed E-state index contributed by atoms with van der Waals surface area (Å²) in [5.74, 6) is -0.306. The third kappa shape index (κ3) is 5.26. The van der Waals surface area contributed by atoms with Crippen LogP contribution in [0.5, 0.6) is 0 Å². The largest absolute Gasteiger partial charge is 0.444 e. The monoisotopic (exact) mass is 393 g/mol. The quantitative estimate of drug-likeness (QED) is 0.704. The smallest absolute Gasteiger partial charge is 0.410 e. The fourth-order valence-electron chi connectivity index (χ4n) is 1.63. The van der Waals surface area contributed by atoms with Crippen molar-refractivity contribution in [2.45, 2.75) is 52.8 Å². The Labute approximate surface area is 133 Å². The van der Waals surface area contributed by atoms with Gasteiger partial charge >= 0.3 is 6.09 Å². The van der Waals surface area contributed by atoms with Crippen molar-refractivity contribution < 1.29 is 13.9 Å². The third-order valence-corrected chi connectivity index (χ3v) is 3.27. The highest BCUT2D eigenvalue weighted by molar-refractivity contribution is 14.1. The van der Waals surface area contributed by atoms with Crippen LogP contribution in [0.2, 0.25) is 0 Å². The molecule has 0 aliphatic heterocycles. The summed E-state index contributed by atoms with van der Waals surface area (Å²) in [5.41, 5.74) is -0.0649. The molecule has 0 atom stereocenters. The SMILES string of the molecule is CC(C)N(Cc1cc(I)ccc1F)C(=O)OC(C)(C)C. The van der Waals surface area contributed by atoms with Crippen LogP contribution in [0.1, 0.15) is 40.2 Å². The Morgan fingerprint density at radius 2 is 2.00 bits per heavy atom. The van der Waals surface area contributed by atoms with Gasteiger partial charge in [0.25, 0.3) is 0 Å². The fourth-order valence-corrected chi connectivity index (χ4v) is 2.18. The third-order valence-electron chi connectivity index (χ3n) is 2.60. The van der Waals surface area contributed by atoms with Crippen LogP contribution < -0.4 is 0 Å². The molecule has 0 aromatic heterocycles. The molecule has 20 heavy (non-hydrogen) atoms. The highest BCUT2D eigenvalue weighted by Crippen LogP contribution is 2.18. The van der Waals surface area contributed by atoms with Crippen molar-refractivity contribution >= 4 is 28.7 Å². The molecule has 3 nitrogen and oxygen atoms in total. The number of hydrogen-bond donors (Lipinski definition) is 0. The molecular formula is C15H21FINO2. The van der Waals surface area contributed by atoms with Crippen LogP contribution in [0.25, 0.3) is 0 Å². The van der Waals surface area contributed by atoms with Crippen LogP contribution in [0.15, 0.2) is 18.2 Å². The lowest BCUT2D eigenvalue weighted by molar-refractivity contribution is 0.0170. The average molecular weight is 393 g/mol. The predicted molar refractivity (Wildman–Crippen MR) is 86.0 cm³/mol. The zero-order chi connectivity index (χ0) is 15.5. The minimum absolute atomic E-state index is 0.0675. The van der Waals surface area contributed by atoms with E-state index in [1.165, 1.54) is 11.0 Å². The summed E-state index contributed by atoms with van der Waals surface area (Å²) in [6, 6.07) is 4.80. The number of halogens is 2. The van der Waals surface area contributed by atoms with Crippen LogP contribution in [-0.4, -0.2) is 22.6 Å². The summed E-state index contributed by atoms with van der Waals surface area (Å²) in [4.78, 5) is 13.7. The minimum atomic E-state index is -0.562. The molecule has 0 saturated heterocycles. The number of rotatable bonds is 3. The van der Waals surface area contributed by atoms with Crippen molar-refractivity contribution in [1.29, 1.82) is 0 Å². The summed E-state index contributed by atoms with van der Waals surface area (Å²) in [6.07, 6.45) is -0.425. The van der Waals surface area contributed by atoms with Crippen molar-refractivity contribution in [3.8, 4) is 0 Å². The van der Waals surface area contributed by atoms with E-state index in [1.54, 1.807) is 12.1 Å². The van der Waals surface area contributed by atoms with E-state index in [2.05, 4.69) is 22.6 Å². The predicted octanol–water partition coefficient (Wildman–Crippen LogP) is 4.58. The van der Waals surface area contributed by atoms with Crippen molar-refractivity contribution in [2.75, 3.05) is 0 Å². The molecule has 0 N–H and O–H groups in total. The first kappa shape index (κ1) is 17.2. The maximum Gasteiger partial charge on any atom is 0.410 e. The highest BCUT2D eigenvalue weighted by atomic mass is 127. The van der Waals surface area contributed by atoms with Gasteiger partial charge in [-0.3, -0.25) is 0 Å². The second-order valence-electron chi connectivity index (χ2n) is 5.94. The van der Waals surface area contributed by atoms with Gasteiger partial charge in [0, 0.05) is 15.2 Å². The van der Waals surface area contributed by atoms with Gasteiger partial charge in [-0.05, 0) is 75.4 Å². The lowest BCUT2D eigenvalue weighted by atomic mass is 10.2. The number of benzene rings is 1. The summed E-state index contributed by atoms with van der Waals surface area (Å²) in [5, 5.41) is 0. The van der Waals surface area contributed by atoms with E-state index < -0.39 is 11.7 Å². The molecule has 0 spiro atoms. The molecule has 0 saturated carbocycles. The van der Waals surface area contributed by atoms with E-state index in [9.17, 15) is 9.18 Å². The van der Waals surface area contributed by atoms with Gasteiger partial charge in [0.15, 0.2) is 0 Å². The summed E-state index contributed by atoms with van der Waals surface area (Å²) in [6.45, 7) is 9.42. The molecule has 112 valence electrons. The molecule has 0 aliphatic carbocycles. The van der Waals surface area contributed by atoms with Gasteiger partial charge in [0.05, 0.1) is 6.54 Å². The van der Waals surface area contributed by atoms with Crippen LogP contribution >= 0.6 is 22.6 Å². The Kier molecular flexibility index (Phi) is 5.79. The van der Waals surface area contributed by atoms with E-state index in [-0.39, 0.29) is 18.4 Å². The second-order valence-corrected chi connectivity index (χ2v) is 7.18. The zero-order valence-corrected chi connectivity index (χ0v) is 14.7. The van der Waals surface area contributed by atoms with E-state index in [0.717, 1.165) is 3.57 Å². The second kappa shape index (κ2) is 6.74. The highest BCUT2D eigenvalue weighted by Gasteiger charge is 2.25. The maximum absolute atomic E-state index is 13.8. The minimum Gasteiger partial charge on any atom is -0.444 e. The molecule has 5 heteroatoms. The van der Waals surface area contributed by atoms with Gasteiger partial charge in [-0.2, -0.15) is 0 Å². The normalized spacial score (nSPS) is 11.6. The van der Waals surface area contributed by atoms with E-state index in [4.69, 9.17) is 4.74 Å². The number of nitrogens with zero attached hydrogens (tertiary/aromatic N) is 1. The van der Waals surface area contributed by atoms with Gasteiger partial charge in [0.1, 0.15) is 11.4 Å². The first-order valence-corrected chi connectivity index (χ1v) is 7.61. The van der Waals surface area contributed by atoms with Crippen molar-refractivity contribution in [1.82, 2.24) is 4.90 Å². The van der Waals surface area contributed by atoms with Crippen LogP contribution in [0, 0.1) is 9.39 Å². The molecule has 0 bridgehead atoms. The number of ether oxygens (including phenoxy) is 1. The molecular weight excluding hydrogens is 372 g/mol. The van der Waals surface area contributed by atoms with E-state index >= 15 is 0 Å². The zero-order valence-electron chi connectivity index (χ0n) is 12.5. The number of carbonyl (C=O) groups is 1. The Bertz CT molecular complexity index is 483. The average Bonchev–Trinajstić information content (AvgIpc) is 2.27. The number of hydrogen-bond acceptors (Lipinski definition) is 2. The van der Waals surface area contributed by atoms with Crippen molar-refractivity contribution in [3.05, 3.63) is 33.1 Å². The standard InChI is InChI=1S/C15H21FINO2/c1-10(2)18(14(19)20-15(3,4)5)9-11-8-12(17)6-7-13(11)16/h6-8,10H,9H2,1-5H3. The maximum atomic E-state index is 13.8. The first-order chi connectivity index (χ1) is 9.10. The molecule has 0 unspecified atom stereocenters. The van der Waals surface area contributed by atoms with Crippen LogP contribution in [0.4, 0.5) is 9.18 Å². The Hall–Kier alpha value is -0.850. The summed E-state index contributed by atoms with van der Waals surface area (Å²) >= 11 is 2.12. The van der Waals surface area contributed by atoms with Crippen molar-refractivity contribution in [2.24, 2.45) is 0 Å².